The van der Waals surface area contributed by atoms with Crippen molar-refractivity contribution in [2.75, 3.05) is 0 Å². The van der Waals surface area contributed by atoms with Crippen LogP contribution in [0, 0.1) is 0 Å². The monoisotopic (exact) mass is 669 g/mol. The largest absolute Gasteiger partial charge is 0.300 e. The first-order valence-electron chi connectivity index (χ1n) is 17.5. The predicted octanol–water partition coefficient (Wildman–Crippen LogP) is 12.7. The second-order valence-electron chi connectivity index (χ2n) is 14.2. The van der Waals surface area contributed by atoms with Gasteiger partial charge < -0.3 is 4.57 Å². The summed E-state index contributed by atoms with van der Waals surface area (Å²) in [7, 11) is 0. The summed E-state index contributed by atoms with van der Waals surface area (Å²) in [5.74, 6) is 0.729. The van der Waals surface area contributed by atoms with Gasteiger partial charge >= 0.3 is 0 Å². The molecule has 0 fully saturated rings. The van der Waals surface area contributed by atoms with Crippen LogP contribution in [0.25, 0.3) is 92.3 Å². The van der Waals surface area contributed by atoms with E-state index in [9.17, 15) is 0 Å². The van der Waals surface area contributed by atoms with Gasteiger partial charge in [0.15, 0.2) is 5.82 Å². The molecule has 0 amide bonds. The third-order valence-corrected chi connectivity index (χ3v) is 12.2. The predicted molar refractivity (Wildman–Crippen MR) is 215 cm³/mol. The van der Waals surface area contributed by atoms with E-state index >= 15 is 0 Å². The van der Waals surface area contributed by atoms with Gasteiger partial charge in [-0.3, -0.25) is 0 Å². The minimum Gasteiger partial charge on any atom is -0.300 e. The topological polar surface area (TPSA) is 30.7 Å². The number of hydrogen-bond donors (Lipinski definition) is 0. The van der Waals surface area contributed by atoms with Crippen molar-refractivity contribution >= 4 is 64.2 Å². The average molecular weight is 670 g/mol. The summed E-state index contributed by atoms with van der Waals surface area (Å²) < 4.78 is 3.86. The first-order valence-corrected chi connectivity index (χ1v) is 18.3. The molecule has 7 aromatic carbocycles. The molecule has 51 heavy (non-hydrogen) atoms. The van der Waals surface area contributed by atoms with Crippen molar-refractivity contribution in [2.24, 2.45) is 0 Å². The van der Waals surface area contributed by atoms with Crippen LogP contribution in [0.1, 0.15) is 25.0 Å². The average Bonchev–Trinajstić information content (AvgIpc) is 3.71. The molecule has 1 aliphatic heterocycles. The molecule has 0 bridgehead atoms. The highest BCUT2D eigenvalue weighted by molar-refractivity contribution is 7.25. The Morgan fingerprint density at radius 2 is 1.25 bits per heavy atom. The number of para-hydroxylation sites is 2. The third kappa shape index (κ3) is 4.05. The lowest BCUT2D eigenvalue weighted by atomic mass is 9.74. The Kier molecular flexibility index (Phi) is 5.89. The standard InChI is InChI=1S/C47H31N3S/c1-47(2)37-21-11-20-36-42-35-18-6-8-23-41(35)51-46(42)50(44(36)37)40-25-24-30(27-38(40)47)29-14-9-15-31(26-29)45-48-39-22-7-5-17-34(39)43(49-45)33-19-10-13-28-12-3-4-16-32(28)33/h3-27H,1-2H3. The number of benzene rings is 7. The van der Waals surface area contributed by atoms with Gasteiger partial charge in [0.05, 0.1) is 22.4 Å². The molecule has 0 radical (unpaired) electrons. The summed E-state index contributed by atoms with van der Waals surface area (Å²) in [5.41, 5.74) is 11.5. The first-order chi connectivity index (χ1) is 25.0. The molecule has 0 unspecified atom stereocenters. The number of rotatable bonds is 3. The van der Waals surface area contributed by atoms with Crippen molar-refractivity contribution in [3.63, 3.8) is 0 Å². The zero-order chi connectivity index (χ0) is 33.8. The summed E-state index contributed by atoms with van der Waals surface area (Å²) >= 11 is 1.89. The van der Waals surface area contributed by atoms with Crippen LogP contribution < -0.4 is 0 Å². The van der Waals surface area contributed by atoms with Crippen molar-refractivity contribution in [1.29, 1.82) is 0 Å². The molecular weight excluding hydrogens is 639 g/mol. The van der Waals surface area contributed by atoms with Gasteiger partial charge in [0.25, 0.3) is 0 Å². The fourth-order valence-corrected chi connectivity index (χ4v) is 9.75. The molecule has 1 aliphatic rings. The van der Waals surface area contributed by atoms with Gasteiger partial charge in [0.1, 0.15) is 4.83 Å². The maximum absolute atomic E-state index is 5.29. The maximum atomic E-state index is 5.29. The van der Waals surface area contributed by atoms with Crippen molar-refractivity contribution in [1.82, 2.24) is 14.5 Å². The van der Waals surface area contributed by atoms with Crippen LogP contribution in [0.5, 0.6) is 0 Å². The highest BCUT2D eigenvalue weighted by Crippen LogP contribution is 2.51. The molecular formula is C47H31N3S. The molecule has 0 spiro atoms. The van der Waals surface area contributed by atoms with Crippen LogP contribution in [0.2, 0.25) is 0 Å². The van der Waals surface area contributed by atoms with E-state index in [1.807, 2.05) is 11.3 Å². The zero-order valence-electron chi connectivity index (χ0n) is 28.2. The Bertz CT molecular complexity index is 3070. The number of aromatic nitrogens is 3. The van der Waals surface area contributed by atoms with Gasteiger partial charge in [0, 0.05) is 42.8 Å². The minimum absolute atomic E-state index is 0.177. The number of nitrogens with zero attached hydrogens (tertiary/aromatic N) is 3. The molecule has 4 heterocycles. The lowest BCUT2D eigenvalue weighted by Gasteiger charge is -2.35. The van der Waals surface area contributed by atoms with Gasteiger partial charge in [-0.1, -0.05) is 135 Å². The van der Waals surface area contributed by atoms with E-state index in [0.29, 0.717) is 0 Å². The molecule has 10 aromatic rings. The van der Waals surface area contributed by atoms with E-state index in [1.165, 1.54) is 64.4 Å². The van der Waals surface area contributed by atoms with Crippen LogP contribution in [0.3, 0.4) is 0 Å². The molecule has 0 aliphatic carbocycles. The Balaban J connectivity index is 1.08. The normalized spacial score (nSPS) is 13.5. The summed E-state index contributed by atoms with van der Waals surface area (Å²) in [6.45, 7) is 4.75. The van der Waals surface area contributed by atoms with Crippen molar-refractivity contribution < 1.29 is 0 Å². The molecule has 240 valence electrons. The van der Waals surface area contributed by atoms with Gasteiger partial charge in [-0.2, -0.15) is 0 Å². The summed E-state index contributed by atoms with van der Waals surface area (Å²) in [6.07, 6.45) is 0. The van der Waals surface area contributed by atoms with Gasteiger partial charge in [-0.25, -0.2) is 9.97 Å². The van der Waals surface area contributed by atoms with Crippen LogP contribution in [-0.4, -0.2) is 14.5 Å². The quantitative estimate of drug-likeness (QED) is 0.187. The summed E-state index contributed by atoms with van der Waals surface area (Å²) in [5, 5.41) is 7.49. The van der Waals surface area contributed by atoms with Crippen LogP contribution in [0.4, 0.5) is 0 Å². The summed E-state index contributed by atoms with van der Waals surface area (Å²) in [4.78, 5) is 11.7. The molecule has 0 saturated heterocycles. The van der Waals surface area contributed by atoms with E-state index in [4.69, 9.17) is 9.97 Å². The number of fused-ring (bicyclic) bond motifs is 9. The minimum atomic E-state index is -0.177. The summed E-state index contributed by atoms with van der Waals surface area (Å²) in [6, 6.07) is 54.8. The molecule has 0 saturated carbocycles. The number of thiophene rings is 1. The van der Waals surface area contributed by atoms with Gasteiger partial charge in [-0.15, -0.1) is 11.3 Å². The van der Waals surface area contributed by atoms with Gasteiger partial charge in [-0.05, 0) is 63.4 Å². The van der Waals surface area contributed by atoms with Crippen molar-refractivity contribution in [3.05, 3.63) is 163 Å². The van der Waals surface area contributed by atoms with E-state index in [-0.39, 0.29) is 5.41 Å². The van der Waals surface area contributed by atoms with E-state index < -0.39 is 0 Å². The molecule has 3 nitrogen and oxygen atoms in total. The van der Waals surface area contributed by atoms with E-state index in [2.05, 4.69) is 170 Å². The molecule has 0 atom stereocenters. The fraction of sp³-hybridized carbons (Fsp3) is 0.0638. The molecule has 3 aromatic heterocycles. The lowest BCUT2D eigenvalue weighted by molar-refractivity contribution is 0.630. The fourth-order valence-electron chi connectivity index (χ4n) is 8.51. The second kappa shape index (κ2) is 10.5. The zero-order valence-corrected chi connectivity index (χ0v) is 29.0. The SMILES string of the molecule is CC1(C)c2cc(-c3cccc(-c4nc(-c5cccc6ccccc56)c5ccccc5n4)c3)ccc2-n2c3sc4ccccc4c3c3cccc1c32. The maximum Gasteiger partial charge on any atom is 0.160 e. The van der Waals surface area contributed by atoms with E-state index in [0.717, 1.165) is 39.1 Å². The smallest absolute Gasteiger partial charge is 0.160 e. The lowest BCUT2D eigenvalue weighted by Crippen LogP contribution is -2.26. The Hall–Kier alpha value is -6.10. The van der Waals surface area contributed by atoms with Crippen LogP contribution >= 0.6 is 11.3 Å². The third-order valence-electron chi connectivity index (χ3n) is 11.0. The Morgan fingerprint density at radius 3 is 2.18 bits per heavy atom. The van der Waals surface area contributed by atoms with Crippen molar-refractivity contribution in [2.45, 2.75) is 19.3 Å². The highest BCUT2D eigenvalue weighted by Gasteiger charge is 2.36. The first kappa shape index (κ1) is 28.7. The van der Waals surface area contributed by atoms with Crippen LogP contribution in [-0.2, 0) is 5.41 Å². The Labute approximate surface area is 299 Å². The van der Waals surface area contributed by atoms with Crippen LogP contribution in [0.15, 0.2) is 152 Å². The highest BCUT2D eigenvalue weighted by atomic mass is 32.1. The van der Waals surface area contributed by atoms with Gasteiger partial charge in [0.2, 0.25) is 0 Å². The molecule has 0 N–H and O–H groups in total. The Morgan fingerprint density at radius 1 is 0.549 bits per heavy atom. The molecule has 11 rings (SSSR count). The van der Waals surface area contributed by atoms with Crippen molar-refractivity contribution in [3.8, 4) is 39.5 Å². The number of hydrogen-bond acceptors (Lipinski definition) is 3. The van der Waals surface area contributed by atoms with E-state index in [1.54, 1.807) is 0 Å². The second-order valence-corrected chi connectivity index (χ2v) is 15.2. The molecule has 4 heteroatoms.